The number of hydrogen-bond donors (Lipinski definition) is 5. The fourth-order valence-corrected chi connectivity index (χ4v) is 75.7. The second kappa shape index (κ2) is 41.9. The van der Waals surface area contributed by atoms with Crippen LogP contribution in [0.15, 0.2) is 51.0 Å². The molecule has 0 aliphatic carbocycles. The van der Waals surface area contributed by atoms with Gasteiger partial charge in [0.05, 0.1) is 12.3 Å². The van der Waals surface area contributed by atoms with Crippen molar-refractivity contribution in [1.82, 2.24) is 74.8 Å². The molecule has 2 N–H and O–H groups in total. The second-order valence-electron chi connectivity index (χ2n) is 14.8. The zero-order chi connectivity index (χ0) is 65.1. The van der Waals surface area contributed by atoms with Gasteiger partial charge in [-0.1, -0.05) is 43.8 Å². The van der Waals surface area contributed by atoms with Gasteiger partial charge in [0.1, 0.15) is 47.8 Å². The number of aryl methyl sites for hydroxylation is 4. The van der Waals surface area contributed by atoms with Crippen LogP contribution in [0.3, 0.4) is 0 Å². The van der Waals surface area contributed by atoms with Gasteiger partial charge >= 0.3 is 73.2 Å². The van der Waals surface area contributed by atoms with E-state index in [9.17, 15) is 0 Å². The Labute approximate surface area is 683 Å². The third-order valence-electron chi connectivity index (χ3n) is 7.89. The summed E-state index contributed by atoms with van der Waals surface area (Å²) in [6, 6.07) is 0. The Morgan fingerprint density at radius 1 is 0.511 bits per heavy atom. The summed E-state index contributed by atoms with van der Waals surface area (Å²) in [5.74, 6) is -8.59. The van der Waals surface area contributed by atoms with Gasteiger partial charge in [-0.25, -0.2) is 67.0 Å². The topological polar surface area (TPSA) is 310 Å². The maximum absolute atomic E-state index is 6.88. The molecule has 0 amide bonds. The number of rotatable bonds is 10. The van der Waals surface area contributed by atoms with Crippen molar-refractivity contribution in [2.45, 2.75) is 70.6 Å². The van der Waals surface area contributed by atoms with Crippen molar-refractivity contribution in [1.29, 1.82) is 0 Å². The van der Waals surface area contributed by atoms with Gasteiger partial charge in [0.25, 0.3) is 17.7 Å². The van der Waals surface area contributed by atoms with Crippen LogP contribution >= 0.6 is 275 Å². The van der Waals surface area contributed by atoms with Crippen LogP contribution < -0.4 is 29.6 Å². The molecule has 24 nitrogen and oxygen atoms in total. The first kappa shape index (κ1) is 95.6. The molecule has 88 heavy (non-hydrogen) atoms. The van der Waals surface area contributed by atoms with E-state index in [1.807, 2.05) is 20.5 Å². The Hall–Kier alpha value is 7.60. The quantitative estimate of drug-likeness (QED) is 0.0285. The third kappa shape index (κ3) is 33.1. The molecular formula is C26H36Cl14N24Na3P9S12. The van der Waals surface area contributed by atoms with Gasteiger partial charge in [-0.05, 0) is 204 Å². The summed E-state index contributed by atoms with van der Waals surface area (Å²) in [6.07, 6.45) is -3.24. The standard InChI is InChI=1S/C11H13Cl5N9P3S2.C11H18N9P3S7.C3Cl3N3.CH4.Cl6N3P3.3Na.S2.H2S/c1-4-7-19-8(21-10(13)20-7)5-27(15)23-26(3,14)24-28(16,25-27)30(29)11-18-6(2)17-9(12)22-11;1-4-7-14-8(16-10(25)15-7)5-22(27)18-21(3,26)19-23(28,20-22)30(29)11-13-6(2)12-9(24)17-11;4-1-7-2(5)9-3(6)8-1;;1-10(2)7-11(3,4)9-12(5,6)8-10;;;;1-2;/h4-5H2,1-3H3;26-28H,4-5H2,1-3H3,(H,12,13,17,24)(H,14,15,16,25);;1H4;;;;;;1H2/q;;;;;;;+1;;/p-1. The predicted molar refractivity (Wildman–Crippen MR) is 418 cm³/mol. The monoisotopic (exact) mass is 1910 g/mol. The molecule has 3 aliphatic heterocycles. The summed E-state index contributed by atoms with van der Waals surface area (Å²) in [5, 5.41) is 0.780. The van der Waals surface area contributed by atoms with Crippen molar-refractivity contribution in [2.24, 2.45) is 40.6 Å². The molecular weight excluding hydrogens is 1880 g/mol. The number of halogens is 14. The van der Waals surface area contributed by atoms with Crippen molar-refractivity contribution in [3.63, 3.8) is 0 Å². The van der Waals surface area contributed by atoms with Crippen molar-refractivity contribution in [3.05, 3.63) is 70.9 Å². The number of aromatic nitrogens is 15. The molecule has 8 heterocycles. The van der Waals surface area contributed by atoms with Crippen molar-refractivity contribution >= 4 is 395 Å². The van der Waals surface area contributed by atoms with Crippen LogP contribution in [0.25, 0.3) is 0 Å². The molecule has 0 bridgehead atoms. The molecule has 62 heteroatoms. The van der Waals surface area contributed by atoms with Crippen LogP contribution in [0.1, 0.15) is 56.2 Å². The minimum absolute atomic E-state index is 0. The van der Waals surface area contributed by atoms with E-state index >= 15 is 0 Å². The summed E-state index contributed by atoms with van der Waals surface area (Å²) in [5.41, 5.74) is -2.74. The molecule has 0 saturated heterocycles. The molecule has 8 atom stereocenters. The first-order valence-electron chi connectivity index (χ1n) is 21.5. The Bertz CT molecular complexity index is 3960. The van der Waals surface area contributed by atoms with E-state index in [1.165, 1.54) is 43.6 Å². The Balaban J connectivity index is 0.00000122. The first-order chi connectivity index (χ1) is 39.0. The van der Waals surface area contributed by atoms with E-state index < -0.39 is 73.2 Å². The van der Waals surface area contributed by atoms with Crippen LogP contribution in [0.5, 0.6) is 0 Å². The summed E-state index contributed by atoms with van der Waals surface area (Å²) < 4.78 is 39.7. The zero-order valence-corrected chi connectivity index (χ0v) is 79.3. The Kier molecular flexibility index (Phi) is 45.5. The number of aromatic amines is 2. The van der Waals surface area contributed by atoms with E-state index in [0.29, 0.717) is 53.3 Å². The minimum atomic E-state index is -3.14. The van der Waals surface area contributed by atoms with Crippen LogP contribution in [0.2, 0.25) is 26.4 Å². The average molecular weight is 1910 g/mol. The molecule has 8 rings (SSSR count). The molecule has 8 unspecified atom stereocenters. The molecule has 478 valence electrons. The number of nitrogens with zero attached hydrogens (tertiary/aromatic N) is 22. The van der Waals surface area contributed by atoms with Gasteiger partial charge in [0.15, 0.2) is 23.9 Å². The smallest absolute Gasteiger partial charge is 0.813 e. The number of nitrogens with one attached hydrogen (secondary N) is 2. The van der Waals surface area contributed by atoms with Crippen molar-refractivity contribution in [2.75, 3.05) is 13.3 Å². The van der Waals surface area contributed by atoms with Gasteiger partial charge in [0.2, 0.25) is 46.9 Å². The second-order valence-corrected chi connectivity index (χ2v) is 67.7. The van der Waals surface area contributed by atoms with E-state index in [0.717, 1.165) is 5.82 Å². The Morgan fingerprint density at radius 2 is 0.977 bits per heavy atom. The van der Waals surface area contributed by atoms with Crippen molar-refractivity contribution < 1.29 is 29.6 Å². The Morgan fingerprint density at radius 3 is 1.45 bits per heavy atom. The van der Waals surface area contributed by atoms with Gasteiger partial charge in [-0.3, -0.25) is 0 Å². The number of thiol groups is 4. The first-order valence-corrected chi connectivity index (χ1v) is 67.2. The molecule has 3 aliphatic rings. The molecule has 0 fully saturated rings. The molecule has 0 spiro atoms. The molecule has 5 aromatic rings. The van der Waals surface area contributed by atoms with Gasteiger partial charge in [0, 0.05) is 60.0 Å². The molecule has 5 aromatic heterocycles. The summed E-state index contributed by atoms with van der Waals surface area (Å²) in [4.78, 5) is 58.4. The van der Waals surface area contributed by atoms with E-state index in [4.69, 9.17) is 256 Å². The van der Waals surface area contributed by atoms with Crippen LogP contribution in [0.4, 0.5) is 0 Å². The van der Waals surface area contributed by atoms with E-state index in [1.54, 1.807) is 20.5 Å². The van der Waals surface area contributed by atoms with Crippen molar-refractivity contribution in [3.8, 4) is 0 Å². The van der Waals surface area contributed by atoms with Gasteiger partial charge in [-0.15, -0.1) is 36.7 Å². The van der Waals surface area contributed by atoms with Crippen LogP contribution in [-0.2, 0) is 102 Å². The van der Waals surface area contributed by atoms with Gasteiger partial charge in [-0.2, -0.15) is 38.5 Å². The fourth-order valence-electron chi connectivity index (χ4n) is 5.45. The normalized spacial score (nSPS) is 25.2. The van der Waals surface area contributed by atoms with Crippen LogP contribution in [0, 0.1) is 23.4 Å². The largest absolute Gasteiger partial charge is 0.813 e. The zero-order valence-electron chi connectivity index (χ0n) is 44.5. The molecule has 0 aromatic carbocycles. The van der Waals surface area contributed by atoms with E-state index in [2.05, 4.69) is 124 Å². The third-order valence-corrected chi connectivity index (χ3v) is 62.4. The summed E-state index contributed by atoms with van der Waals surface area (Å²) >= 11 is 129. The summed E-state index contributed by atoms with van der Waals surface area (Å²) in [6.45, 7) is 5.15. The van der Waals surface area contributed by atoms with Gasteiger partial charge < -0.3 is 23.5 Å². The maximum atomic E-state index is 6.88. The minimum Gasteiger partial charge on any atom is -0.813 e. The maximum Gasteiger partial charge on any atom is -0.813 e. The van der Waals surface area contributed by atoms with Crippen LogP contribution in [-0.4, -0.2) is 132 Å². The fraction of sp³-hybridized carbons (Fsp3) is 0.423. The summed E-state index contributed by atoms with van der Waals surface area (Å²) in [7, 11) is -2.22. The molecule has 0 saturated carbocycles. The number of H-pyrrole nitrogens is 2. The average Bonchev–Trinajstić information content (AvgIpc) is 3.30. The van der Waals surface area contributed by atoms with E-state index in [-0.39, 0.29) is 97.8 Å². The SMILES string of the molecule is C.CCc1nc(=S)nc(CP2(S)=NP(S)(S(=S)c3nc(=S)nc(C)[nH]3)=NP(C)(S)=N2)[nH]1.CCc1nc(Cl)nc(CP2(Cl)=NP(Cl)(S(=S)c3nc(C)nc(Cl)n3)=NP(C)(Cl)=N2)n1.ClP1(Cl)=NP(Cl)(Cl)=NP(Cl)(Cl)=N1.Clc1nc(Cl)nc(Cl)n1.S=S.[Na+].[Na][Na].[SH-]. The molecule has 0 radical (unpaired) electrons. The predicted octanol–water partition coefficient (Wildman–Crippen LogP) is 19.3. The number of hydrogen-bond acceptors (Lipinski definition) is 29.